The molecule has 1 aliphatic rings. The predicted octanol–water partition coefficient (Wildman–Crippen LogP) is 2.69. The summed E-state index contributed by atoms with van der Waals surface area (Å²) in [5.74, 6) is 0.917. The van der Waals surface area contributed by atoms with Gasteiger partial charge in [0.05, 0.1) is 0 Å². The van der Waals surface area contributed by atoms with Crippen LogP contribution < -0.4 is 4.74 Å². The molecule has 0 spiro atoms. The molecule has 0 atom stereocenters. The first-order chi connectivity index (χ1) is 8.66. The van der Waals surface area contributed by atoms with Crippen LogP contribution in [0.1, 0.15) is 30.4 Å². The molecule has 2 rings (SSSR count). The molecular weight excluding hydrogens is 226 g/mol. The average molecular weight is 247 g/mol. The summed E-state index contributed by atoms with van der Waals surface area (Å²) in [6.45, 7) is 5.98. The SMILES string of the molecule is Cc1ccc(OCC(=O)N2CCCCC2)c(C)c1. The van der Waals surface area contributed by atoms with Gasteiger partial charge in [-0.2, -0.15) is 0 Å². The molecule has 1 amide bonds. The molecule has 1 aliphatic heterocycles. The largest absolute Gasteiger partial charge is 0.484 e. The first kappa shape index (κ1) is 12.9. The second-order valence-electron chi connectivity index (χ2n) is 5.00. The van der Waals surface area contributed by atoms with Crippen LogP contribution in [0.5, 0.6) is 5.75 Å². The molecule has 1 saturated heterocycles. The van der Waals surface area contributed by atoms with E-state index >= 15 is 0 Å². The minimum atomic E-state index is 0.106. The third kappa shape index (κ3) is 3.25. The molecule has 18 heavy (non-hydrogen) atoms. The zero-order valence-corrected chi connectivity index (χ0v) is 11.2. The maximum absolute atomic E-state index is 12.0. The lowest BCUT2D eigenvalue weighted by atomic mass is 10.1. The Bertz CT molecular complexity index is 423. The van der Waals surface area contributed by atoms with E-state index in [-0.39, 0.29) is 12.5 Å². The molecule has 0 unspecified atom stereocenters. The molecule has 3 heteroatoms. The predicted molar refractivity (Wildman–Crippen MR) is 71.8 cm³/mol. The van der Waals surface area contributed by atoms with Crippen molar-refractivity contribution in [3.05, 3.63) is 29.3 Å². The Kier molecular flexibility index (Phi) is 4.24. The molecule has 0 aromatic heterocycles. The molecule has 0 bridgehead atoms. The van der Waals surface area contributed by atoms with Gasteiger partial charge in [-0.15, -0.1) is 0 Å². The minimum absolute atomic E-state index is 0.106. The molecule has 0 N–H and O–H groups in total. The van der Waals surface area contributed by atoms with E-state index < -0.39 is 0 Å². The first-order valence-electron chi connectivity index (χ1n) is 6.64. The van der Waals surface area contributed by atoms with E-state index in [2.05, 4.69) is 13.0 Å². The van der Waals surface area contributed by atoms with Crippen molar-refractivity contribution in [2.75, 3.05) is 19.7 Å². The molecule has 98 valence electrons. The van der Waals surface area contributed by atoms with E-state index in [1.54, 1.807) is 0 Å². The number of benzene rings is 1. The maximum Gasteiger partial charge on any atom is 0.260 e. The smallest absolute Gasteiger partial charge is 0.260 e. The number of likely N-dealkylation sites (tertiary alicyclic amines) is 1. The first-order valence-corrected chi connectivity index (χ1v) is 6.64. The van der Waals surface area contributed by atoms with Crippen LogP contribution in [0.3, 0.4) is 0 Å². The lowest BCUT2D eigenvalue weighted by molar-refractivity contribution is -0.134. The monoisotopic (exact) mass is 247 g/mol. The summed E-state index contributed by atoms with van der Waals surface area (Å²) in [5.41, 5.74) is 2.30. The lowest BCUT2D eigenvalue weighted by Gasteiger charge is -2.26. The molecule has 0 radical (unpaired) electrons. The van der Waals surface area contributed by atoms with Crippen LogP contribution in [-0.2, 0) is 4.79 Å². The summed E-state index contributed by atoms with van der Waals surface area (Å²) >= 11 is 0. The molecule has 0 aliphatic carbocycles. The Labute approximate surface area is 109 Å². The fourth-order valence-electron chi connectivity index (χ4n) is 2.34. The van der Waals surface area contributed by atoms with E-state index in [1.165, 1.54) is 12.0 Å². The highest BCUT2D eigenvalue weighted by molar-refractivity contribution is 5.77. The Morgan fingerprint density at radius 1 is 1.22 bits per heavy atom. The Hall–Kier alpha value is -1.51. The van der Waals surface area contributed by atoms with Gasteiger partial charge in [0.15, 0.2) is 6.61 Å². The van der Waals surface area contributed by atoms with E-state index in [0.29, 0.717) is 0 Å². The maximum atomic E-state index is 12.0. The van der Waals surface area contributed by atoms with Gasteiger partial charge in [0.2, 0.25) is 0 Å². The van der Waals surface area contributed by atoms with E-state index in [0.717, 1.165) is 37.2 Å². The van der Waals surface area contributed by atoms with Crippen molar-refractivity contribution in [2.45, 2.75) is 33.1 Å². The quantitative estimate of drug-likeness (QED) is 0.822. The summed E-state index contributed by atoms with van der Waals surface area (Å²) in [4.78, 5) is 13.9. The Morgan fingerprint density at radius 2 is 1.94 bits per heavy atom. The summed E-state index contributed by atoms with van der Waals surface area (Å²) in [6, 6.07) is 6.02. The Morgan fingerprint density at radius 3 is 2.61 bits per heavy atom. The van der Waals surface area contributed by atoms with Gasteiger partial charge in [0, 0.05) is 13.1 Å². The van der Waals surface area contributed by atoms with Gasteiger partial charge in [0.25, 0.3) is 5.91 Å². The molecule has 1 aromatic carbocycles. The number of hydrogen-bond acceptors (Lipinski definition) is 2. The summed E-state index contributed by atoms with van der Waals surface area (Å²) in [5, 5.41) is 0. The number of amides is 1. The van der Waals surface area contributed by atoms with Gasteiger partial charge in [-0.3, -0.25) is 4.79 Å². The molecular formula is C15H21NO2. The van der Waals surface area contributed by atoms with Crippen LogP contribution in [-0.4, -0.2) is 30.5 Å². The zero-order chi connectivity index (χ0) is 13.0. The number of carbonyl (C=O) groups excluding carboxylic acids is 1. The van der Waals surface area contributed by atoms with Crippen molar-refractivity contribution in [2.24, 2.45) is 0 Å². The van der Waals surface area contributed by atoms with Crippen molar-refractivity contribution in [3.63, 3.8) is 0 Å². The van der Waals surface area contributed by atoms with Crippen molar-refractivity contribution in [1.29, 1.82) is 0 Å². The van der Waals surface area contributed by atoms with Crippen molar-refractivity contribution in [3.8, 4) is 5.75 Å². The van der Waals surface area contributed by atoms with Crippen LogP contribution in [0.15, 0.2) is 18.2 Å². The summed E-state index contributed by atoms with van der Waals surface area (Å²) < 4.78 is 5.62. The van der Waals surface area contributed by atoms with E-state index in [9.17, 15) is 4.79 Å². The van der Waals surface area contributed by atoms with Crippen molar-refractivity contribution in [1.82, 2.24) is 4.90 Å². The highest BCUT2D eigenvalue weighted by atomic mass is 16.5. The Balaban J connectivity index is 1.88. The highest BCUT2D eigenvalue weighted by Crippen LogP contribution is 2.19. The zero-order valence-electron chi connectivity index (χ0n) is 11.2. The fraction of sp³-hybridized carbons (Fsp3) is 0.533. The summed E-state index contributed by atoms with van der Waals surface area (Å²) in [6.07, 6.45) is 3.48. The molecule has 1 fully saturated rings. The third-order valence-electron chi connectivity index (χ3n) is 3.39. The standard InChI is InChI=1S/C15H21NO2/c1-12-6-7-14(13(2)10-12)18-11-15(17)16-8-4-3-5-9-16/h6-7,10H,3-5,8-9,11H2,1-2H3. The van der Waals surface area contributed by atoms with Crippen LogP contribution in [0.4, 0.5) is 0 Å². The van der Waals surface area contributed by atoms with Crippen LogP contribution in [0, 0.1) is 13.8 Å². The molecule has 3 nitrogen and oxygen atoms in total. The van der Waals surface area contributed by atoms with Gasteiger partial charge in [-0.1, -0.05) is 17.7 Å². The fourth-order valence-corrected chi connectivity index (χ4v) is 2.34. The van der Waals surface area contributed by atoms with Crippen LogP contribution in [0.25, 0.3) is 0 Å². The van der Waals surface area contributed by atoms with Gasteiger partial charge >= 0.3 is 0 Å². The third-order valence-corrected chi connectivity index (χ3v) is 3.39. The van der Waals surface area contributed by atoms with E-state index in [4.69, 9.17) is 4.74 Å². The number of hydrogen-bond donors (Lipinski definition) is 0. The van der Waals surface area contributed by atoms with E-state index in [1.807, 2.05) is 24.0 Å². The number of aryl methyl sites for hydroxylation is 2. The molecule has 0 saturated carbocycles. The summed E-state index contributed by atoms with van der Waals surface area (Å²) in [7, 11) is 0. The van der Waals surface area contributed by atoms with Gasteiger partial charge in [0.1, 0.15) is 5.75 Å². The minimum Gasteiger partial charge on any atom is -0.484 e. The number of ether oxygens (including phenoxy) is 1. The molecule has 1 heterocycles. The topological polar surface area (TPSA) is 29.5 Å². The van der Waals surface area contributed by atoms with Crippen LogP contribution >= 0.6 is 0 Å². The number of carbonyl (C=O) groups is 1. The van der Waals surface area contributed by atoms with Crippen LogP contribution in [0.2, 0.25) is 0 Å². The lowest BCUT2D eigenvalue weighted by Crippen LogP contribution is -2.38. The highest BCUT2D eigenvalue weighted by Gasteiger charge is 2.16. The molecule has 1 aromatic rings. The van der Waals surface area contributed by atoms with Gasteiger partial charge in [-0.05, 0) is 44.7 Å². The second-order valence-corrected chi connectivity index (χ2v) is 5.00. The van der Waals surface area contributed by atoms with Gasteiger partial charge < -0.3 is 9.64 Å². The van der Waals surface area contributed by atoms with Crippen molar-refractivity contribution >= 4 is 5.91 Å². The van der Waals surface area contributed by atoms with Gasteiger partial charge in [-0.25, -0.2) is 0 Å². The second kappa shape index (κ2) is 5.89. The number of piperidine rings is 1. The number of rotatable bonds is 3. The van der Waals surface area contributed by atoms with Crippen molar-refractivity contribution < 1.29 is 9.53 Å². The normalized spacial score (nSPS) is 15.6. The number of nitrogens with zero attached hydrogens (tertiary/aromatic N) is 1. The average Bonchev–Trinajstić information content (AvgIpc) is 2.38.